The van der Waals surface area contributed by atoms with Gasteiger partial charge in [-0.25, -0.2) is 4.79 Å². The molecule has 2 heterocycles. The van der Waals surface area contributed by atoms with Gasteiger partial charge in [0, 0.05) is 0 Å². The molecule has 2 aliphatic heterocycles. The van der Waals surface area contributed by atoms with Crippen molar-refractivity contribution in [3.63, 3.8) is 0 Å². The van der Waals surface area contributed by atoms with Crippen LogP contribution >= 0.6 is 11.8 Å². The summed E-state index contributed by atoms with van der Waals surface area (Å²) in [6.45, 7) is -0.393. The zero-order valence-corrected chi connectivity index (χ0v) is 20.7. The van der Waals surface area contributed by atoms with E-state index in [2.05, 4.69) is 5.32 Å². The molecule has 2 aliphatic rings. The van der Waals surface area contributed by atoms with Gasteiger partial charge in [0.2, 0.25) is 11.8 Å². The van der Waals surface area contributed by atoms with Crippen LogP contribution in [0.3, 0.4) is 0 Å². The van der Waals surface area contributed by atoms with Crippen LogP contribution < -0.4 is 5.32 Å². The average molecular weight is 515 g/mol. The minimum Gasteiger partial charge on any atom is -0.451 e. The molecule has 1 unspecified atom stereocenters. The first-order chi connectivity index (χ1) is 18.1. The highest BCUT2D eigenvalue weighted by molar-refractivity contribution is 8.02. The number of ether oxygens (including phenoxy) is 1. The Bertz CT molecular complexity index is 1260. The van der Waals surface area contributed by atoms with Crippen LogP contribution in [0.5, 0.6) is 0 Å². The number of benzene rings is 3. The highest BCUT2D eigenvalue weighted by Gasteiger charge is 2.56. The zero-order chi connectivity index (χ0) is 25.8. The molecule has 3 atom stereocenters. The topological polar surface area (TPSA) is 95.9 Å². The van der Waals surface area contributed by atoms with Crippen LogP contribution in [0.15, 0.2) is 102 Å². The number of fused-ring (bicyclic) bond motifs is 1. The fourth-order valence-electron chi connectivity index (χ4n) is 4.60. The molecule has 2 N–H and O–H groups in total. The SMILES string of the molecule is O=C(Cc1ccccc1)N[C@@H]1C(=O)N2C(C(=O)OC(c3ccccc3)c3ccccc3)C(CO)=CS[C@@H]12. The lowest BCUT2D eigenvalue weighted by atomic mass is 9.97. The van der Waals surface area contributed by atoms with E-state index in [4.69, 9.17) is 4.74 Å². The predicted octanol–water partition coefficient (Wildman–Crippen LogP) is 3.21. The van der Waals surface area contributed by atoms with Crippen molar-refractivity contribution in [2.45, 2.75) is 30.0 Å². The lowest BCUT2D eigenvalue weighted by molar-refractivity contribution is -0.165. The van der Waals surface area contributed by atoms with Crippen molar-refractivity contribution in [2.24, 2.45) is 0 Å². The molecule has 7 nitrogen and oxygen atoms in total. The summed E-state index contributed by atoms with van der Waals surface area (Å²) in [5.41, 5.74) is 2.81. The standard InChI is InChI=1S/C29H26N2O5S/c32-17-22-18-37-28-24(30-23(33)16-19-10-4-1-5-11-19)27(34)31(28)25(22)29(35)36-26(20-12-6-2-7-13-20)21-14-8-3-9-15-21/h1-15,18,24-26,28,32H,16-17H2,(H,30,33)/t24-,25?,28+/m1/s1. The Labute approximate surface area is 219 Å². The van der Waals surface area contributed by atoms with Crippen molar-refractivity contribution < 1.29 is 24.2 Å². The van der Waals surface area contributed by atoms with E-state index in [1.54, 1.807) is 5.41 Å². The number of amides is 2. The van der Waals surface area contributed by atoms with Crippen LogP contribution in [0.25, 0.3) is 0 Å². The summed E-state index contributed by atoms with van der Waals surface area (Å²) in [5.74, 6) is -1.28. The molecule has 0 aromatic heterocycles. The summed E-state index contributed by atoms with van der Waals surface area (Å²) in [5, 5.41) is 14.0. The summed E-state index contributed by atoms with van der Waals surface area (Å²) >= 11 is 1.30. The van der Waals surface area contributed by atoms with Gasteiger partial charge in [0.25, 0.3) is 0 Å². The minimum absolute atomic E-state index is 0.154. The van der Waals surface area contributed by atoms with E-state index in [0.29, 0.717) is 5.57 Å². The molecular formula is C29H26N2O5S. The molecule has 37 heavy (non-hydrogen) atoms. The number of β-lactam (4-membered cyclic amide) rings is 1. The van der Waals surface area contributed by atoms with Crippen molar-refractivity contribution in [1.29, 1.82) is 0 Å². The molecule has 1 saturated heterocycles. The van der Waals surface area contributed by atoms with Gasteiger partial charge in [0.05, 0.1) is 13.0 Å². The number of nitrogens with one attached hydrogen (secondary N) is 1. The van der Waals surface area contributed by atoms with Gasteiger partial charge in [-0.15, -0.1) is 11.8 Å². The Morgan fingerprint density at radius 2 is 1.49 bits per heavy atom. The van der Waals surface area contributed by atoms with Crippen LogP contribution in [0.2, 0.25) is 0 Å². The van der Waals surface area contributed by atoms with Crippen LogP contribution in [-0.4, -0.2) is 51.9 Å². The fraction of sp³-hybridized carbons (Fsp3) is 0.207. The smallest absolute Gasteiger partial charge is 0.334 e. The summed E-state index contributed by atoms with van der Waals surface area (Å²) in [4.78, 5) is 40.7. The third-order valence-electron chi connectivity index (χ3n) is 6.44. The van der Waals surface area contributed by atoms with Crippen molar-refractivity contribution >= 4 is 29.5 Å². The average Bonchev–Trinajstić information content (AvgIpc) is 2.95. The number of aliphatic hydroxyl groups excluding tert-OH is 1. The number of carbonyl (C=O) groups is 3. The van der Waals surface area contributed by atoms with Crippen LogP contribution in [0, 0.1) is 0 Å². The Hall–Kier alpha value is -3.88. The first-order valence-corrected chi connectivity index (χ1v) is 12.9. The summed E-state index contributed by atoms with van der Waals surface area (Å²) in [7, 11) is 0. The largest absolute Gasteiger partial charge is 0.451 e. The molecule has 2 amide bonds. The van der Waals surface area contributed by atoms with Gasteiger partial charge >= 0.3 is 5.97 Å². The second-order valence-electron chi connectivity index (χ2n) is 8.87. The Morgan fingerprint density at radius 1 is 0.919 bits per heavy atom. The van der Waals surface area contributed by atoms with E-state index >= 15 is 0 Å². The monoisotopic (exact) mass is 514 g/mol. The van der Waals surface area contributed by atoms with Gasteiger partial charge in [-0.1, -0.05) is 91.0 Å². The van der Waals surface area contributed by atoms with Crippen molar-refractivity contribution in [2.75, 3.05) is 6.61 Å². The van der Waals surface area contributed by atoms with E-state index in [1.165, 1.54) is 16.7 Å². The third-order valence-corrected chi connectivity index (χ3v) is 7.65. The number of hydrogen-bond acceptors (Lipinski definition) is 6. The van der Waals surface area contributed by atoms with Crippen LogP contribution in [-0.2, 0) is 25.5 Å². The third kappa shape index (κ3) is 5.16. The van der Waals surface area contributed by atoms with Gasteiger partial charge in [0.1, 0.15) is 11.4 Å². The number of thioether (sulfide) groups is 1. The van der Waals surface area contributed by atoms with Gasteiger partial charge in [0.15, 0.2) is 12.1 Å². The molecule has 0 saturated carbocycles. The molecule has 0 bridgehead atoms. The highest BCUT2D eigenvalue weighted by atomic mass is 32.2. The Balaban J connectivity index is 1.34. The molecule has 5 rings (SSSR count). The maximum absolute atomic E-state index is 13.6. The van der Waals surface area contributed by atoms with E-state index in [1.807, 2.05) is 91.0 Å². The molecule has 0 aliphatic carbocycles. The zero-order valence-electron chi connectivity index (χ0n) is 19.9. The Morgan fingerprint density at radius 3 is 2.05 bits per heavy atom. The quantitative estimate of drug-likeness (QED) is 0.354. The van der Waals surface area contributed by atoms with E-state index in [9.17, 15) is 19.5 Å². The second-order valence-corrected chi connectivity index (χ2v) is 9.86. The first kappa shape index (κ1) is 24.8. The Kier molecular flexibility index (Phi) is 7.39. The number of aliphatic hydroxyl groups is 1. The maximum atomic E-state index is 13.6. The molecule has 0 spiro atoms. The predicted molar refractivity (Wildman–Crippen MR) is 140 cm³/mol. The van der Waals surface area contributed by atoms with E-state index in [0.717, 1.165) is 16.7 Å². The van der Waals surface area contributed by atoms with Crippen LogP contribution in [0.1, 0.15) is 22.8 Å². The normalized spacial score (nSPS) is 20.5. The van der Waals surface area contributed by atoms with Gasteiger partial charge in [-0.2, -0.15) is 0 Å². The number of esters is 1. The number of rotatable bonds is 8. The molecule has 188 valence electrons. The number of carbonyl (C=O) groups excluding carboxylic acids is 3. The minimum atomic E-state index is -1.07. The summed E-state index contributed by atoms with van der Waals surface area (Å²) in [6.07, 6.45) is -0.526. The summed E-state index contributed by atoms with van der Waals surface area (Å²) in [6, 6.07) is 26.2. The molecule has 0 radical (unpaired) electrons. The number of nitrogens with zero attached hydrogens (tertiary/aromatic N) is 1. The fourth-order valence-corrected chi connectivity index (χ4v) is 5.81. The van der Waals surface area contributed by atoms with Crippen LogP contribution in [0.4, 0.5) is 0 Å². The molecule has 8 heteroatoms. The molecular weight excluding hydrogens is 488 g/mol. The van der Waals surface area contributed by atoms with E-state index in [-0.39, 0.29) is 18.2 Å². The maximum Gasteiger partial charge on any atom is 0.334 e. The summed E-state index contributed by atoms with van der Waals surface area (Å²) < 4.78 is 6.01. The number of hydrogen-bond donors (Lipinski definition) is 2. The molecule has 3 aromatic rings. The molecule has 1 fully saturated rings. The van der Waals surface area contributed by atoms with Crippen molar-refractivity contribution in [3.05, 3.63) is 119 Å². The highest BCUT2D eigenvalue weighted by Crippen LogP contribution is 2.41. The van der Waals surface area contributed by atoms with Crippen molar-refractivity contribution in [1.82, 2.24) is 10.2 Å². The van der Waals surface area contributed by atoms with E-state index < -0.39 is 36.1 Å². The van der Waals surface area contributed by atoms with Gasteiger partial charge < -0.3 is 20.1 Å². The van der Waals surface area contributed by atoms with Gasteiger partial charge in [-0.3, -0.25) is 9.59 Å². The molecule has 3 aromatic carbocycles. The van der Waals surface area contributed by atoms with Crippen molar-refractivity contribution in [3.8, 4) is 0 Å². The lowest BCUT2D eigenvalue weighted by Gasteiger charge is -2.51. The second kappa shape index (κ2) is 11.0. The van der Waals surface area contributed by atoms with Gasteiger partial charge in [-0.05, 0) is 27.7 Å². The first-order valence-electron chi connectivity index (χ1n) is 12.0. The lowest BCUT2D eigenvalue weighted by Crippen LogP contribution is -2.74.